The molecule has 0 aliphatic rings. The number of hydrogen-bond acceptors (Lipinski definition) is 4. The third-order valence-corrected chi connectivity index (χ3v) is 4.19. The van der Waals surface area contributed by atoms with E-state index in [1.54, 1.807) is 31.4 Å². The molecule has 0 bridgehead atoms. The molecule has 0 fully saturated rings. The lowest BCUT2D eigenvalue weighted by molar-refractivity contribution is 0.102. The first kappa shape index (κ1) is 19.1. The van der Waals surface area contributed by atoms with E-state index < -0.39 is 0 Å². The molecule has 2 rings (SSSR count). The van der Waals surface area contributed by atoms with Gasteiger partial charge in [0.15, 0.2) is 11.5 Å². The van der Waals surface area contributed by atoms with Crippen molar-refractivity contribution in [2.45, 2.75) is 6.92 Å². The lowest BCUT2D eigenvalue weighted by Crippen LogP contribution is -2.14. The number of methoxy groups -OCH3 is 2. The molecule has 2 aromatic rings. The summed E-state index contributed by atoms with van der Waals surface area (Å²) < 4.78 is 16.9. The molecule has 0 saturated heterocycles. The van der Waals surface area contributed by atoms with Crippen LogP contribution in [0.5, 0.6) is 17.2 Å². The van der Waals surface area contributed by atoms with Crippen molar-refractivity contribution in [3.63, 3.8) is 0 Å². The quantitative estimate of drug-likeness (QED) is 0.495. The van der Waals surface area contributed by atoms with Crippen LogP contribution in [0.3, 0.4) is 0 Å². The van der Waals surface area contributed by atoms with Gasteiger partial charge in [-0.25, -0.2) is 0 Å². The molecule has 0 aromatic heterocycles. The minimum absolute atomic E-state index is 0.234. The van der Waals surface area contributed by atoms with E-state index in [0.29, 0.717) is 35.1 Å². The summed E-state index contributed by atoms with van der Waals surface area (Å²) in [7, 11) is 3.10. The first-order valence-corrected chi connectivity index (χ1v) is 8.62. The van der Waals surface area contributed by atoms with Crippen LogP contribution >= 0.6 is 22.6 Å². The highest BCUT2D eigenvalue weighted by Crippen LogP contribution is 2.31. The molecule has 25 heavy (non-hydrogen) atoms. The average Bonchev–Trinajstić information content (AvgIpc) is 2.59. The maximum atomic E-state index is 12.6. The number of ether oxygens (including phenoxy) is 3. The van der Waals surface area contributed by atoms with Crippen LogP contribution in [0.4, 0.5) is 5.69 Å². The molecule has 6 heteroatoms. The van der Waals surface area contributed by atoms with Crippen LogP contribution in [-0.2, 0) is 0 Å². The van der Waals surface area contributed by atoms with Gasteiger partial charge in [0.25, 0.3) is 5.91 Å². The molecule has 0 atom stereocenters. The summed E-state index contributed by atoms with van der Waals surface area (Å²) in [5.41, 5.74) is 2.08. The van der Waals surface area contributed by atoms with Crippen molar-refractivity contribution in [1.82, 2.24) is 0 Å². The van der Waals surface area contributed by atoms with Gasteiger partial charge in [-0.15, -0.1) is 0 Å². The molecular weight excluding hydrogens is 433 g/mol. The Morgan fingerprint density at radius 2 is 1.84 bits per heavy atom. The van der Waals surface area contributed by atoms with Gasteiger partial charge in [0.2, 0.25) is 0 Å². The Morgan fingerprint density at radius 3 is 2.48 bits per heavy atom. The van der Waals surface area contributed by atoms with Crippen LogP contribution in [0.15, 0.2) is 48.6 Å². The van der Waals surface area contributed by atoms with Crippen molar-refractivity contribution in [3.05, 3.63) is 57.7 Å². The zero-order valence-corrected chi connectivity index (χ0v) is 16.5. The number of rotatable bonds is 7. The van der Waals surface area contributed by atoms with Crippen LogP contribution < -0.4 is 19.5 Å². The highest BCUT2D eigenvalue weighted by atomic mass is 127. The smallest absolute Gasteiger partial charge is 0.256 e. The van der Waals surface area contributed by atoms with Gasteiger partial charge in [-0.2, -0.15) is 0 Å². The van der Waals surface area contributed by atoms with Gasteiger partial charge in [0.05, 0.1) is 19.8 Å². The average molecular weight is 453 g/mol. The standard InChI is InChI=1S/C19H20INO4/c1-12(2)11-25-14-7-5-6-13(8-14)21-19(22)15-9-17(23-3)18(24-4)10-16(15)20/h5-10H,1,11H2,2-4H3,(H,21,22). The maximum absolute atomic E-state index is 12.6. The second-order valence-electron chi connectivity index (χ2n) is 5.41. The van der Waals surface area contributed by atoms with Crippen molar-refractivity contribution in [2.24, 2.45) is 0 Å². The third-order valence-electron chi connectivity index (χ3n) is 3.29. The van der Waals surface area contributed by atoms with Crippen molar-refractivity contribution >= 4 is 34.2 Å². The molecule has 1 amide bonds. The number of halogens is 1. The fraction of sp³-hybridized carbons (Fsp3) is 0.211. The number of carbonyl (C=O) groups excluding carboxylic acids is 1. The molecule has 132 valence electrons. The topological polar surface area (TPSA) is 56.8 Å². The number of amides is 1. The van der Waals surface area contributed by atoms with Gasteiger partial charge in [0, 0.05) is 15.3 Å². The fourth-order valence-electron chi connectivity index (χ4n) is 2.10. The van der Waals surface area contributed by atoms with Crippen LogP contribution in [0.1, 0.15) is 17.3 Å². The van der Waals surface area contributed by atoms with E-state index in [1.165, 1.54) is 7.11 Å². The van der Waals surface area contributed by atoms with E-state index in [9.17, 15) is 4.79 Å². The molecule has 2 aromatic carbocycles. The van der Waals surface area contributed by atoms with Gasteiger partial charge >= 0.3 is 0 Å². The van der Waals surface area contributed by atoms with E-state index in [4.69, 9.17) is 14.2 Å². The largest absolute Gasteiger partial charge is 0.493 e. The summed E-state index contributed by atoms with van der Waals surface area (Å²) in [4.78, 5) is 12.6. The van der Waals surface area contributed by atoms with E-state index in [-0.39, 0.29) is 5.91 Å². The van der Waals surface area contributed by atoms with Gasteiger partial charge in [0.1, 0.15) is 12.4 Å². The number of carbonyl (C=O) groups is 1. The van der Waals surface area contributed by atoms with Crippen LogP contribution in [0.2, 0.25) is 0 Å². The molecule has 0 unspecified atom stereocenters. The predicted molar refractivity (Wildman–Crippen MR) is 107 cm³/mol. The summed E-state index contributed by atoms with van der Waals surface area (Å²) in [6.45, 7) is 6.13. The summed E-state index contributed by atoms with van der Waals surface area (Å²) in [5, 5.41) is 2.87. The van der Waals surface area contributed by atoms with Crippen LogP contribution in [0.25, 0.3) is 0 Å². The molecule has 5 nitrogen and oxygen atoms in total. The van der Waals surface area contributed by atoms with Gasteiger partial charge in [-0.05, 0) is 59.4 Å². The SMILES string of the molecule is C=C(C)COc1cccc(NC(=O)c2cc(OC)c(OC)cc2I)c1. The Bertz CT molecular complexity index is 789. The van der Waals surface area contributed by atoms with Crippen molar-refractivity contribution in [2.75, 3.05) is 26.1 Å². The Labute approximate surface area is 161 Å². The monoisotopic (exact) mass is 453 g/mol. The Kier molecular flexibility index (Phi) is 6.69. The van der Waals surface area contributed by atoms with Gasteiger partial charge in [-0.1, -0.05) is 12.6 Å². The van der Waals surface area contributed by atoms with Crippen molar-refractivity contribution in [3.8, 4) is 17.2 Å². The molecule has 0 spiro atoms. The first-order valence-electron chi connectivity index (χ1n) is 7.54. The highest BCUT2D eigenvalue weighted by molar-refractivity contribution is 14.1. The molecule has 0 saturated carbocycles. The lowest BCUT2D eigenvalue weighted by Gasteiger charge is -2.13. The summed E-state index contributed by atoms with van der Waals surface area (Å²) >= 11 is 2.10. The van der Waals surface area contributed by atoms with E-state index >= 15 is 0 Å². The van der Waals surface area contributed by atoms with Crippen molar-refractivity contribution in [1.29, 1.82) is 0 Å². The number of nitrogens with one attached hydrogen (secondary N) is 1. The molecule has 1 N–H and O–H groups in total. The summed E-state index contributed by atoms with van der Waals surface area (Å²) in [6.07, 6.45) is 0. The minimum Gasteiger partial charge on any atom is -0.493 e. The summed E-state index contributed by atoms with van der Waals surface area (Å²) in [5.74, 6) is 1.52. The number of anilines is 1. The Morgan fingerprint density at radius 1 is 1.16 bits per heavy atom. The van der Waals surface area contributed by atoms with Gasteiger partial charge in [-0.3, -0.25) is 4.79 Å². The molecular formula is C19H20INO4. The third kappa shape index (κ3) is 5.12. The zero-order chi connectivity index (χ0) is 18.4. The molecule has 0 aliphatic heterocycles. The number of benzene rings is 2. The van der Waals surface area contributed by atoms with Crippen LogP contribution in [-0.4, -0.2) is 26.7 Å². The Hall–Kier alpha value is -2.22. The predicted octanol–water partition coefficient (Wildman–Crippen LogP) is 4.52. The fourth-order valence-corrected chi connectivity index (χ4v) is 2.78. The van der Waals surface area contributed by atoms with E-state index in [1.807, 2.05) is 19.1 Å². The normalized spacial score (nSPS) is 10.1. The number of hydrogen-bond donors (Lipinski definition) is 1. The van der Waals surface area contributed by atoms with Crippen LogP contribution in [0, 0.1) is 3.57 Å². The minimum atomic E-state index is -0.234. The van der Waals surface area contributed by atoms with Gasteiger partial charge < -0.3 is 19.5 Å². The molecule has 0 radical (unpaired) electrons. The Balaban J connectivity index is 2.19. The van der Waals surface area contributed by atoms with E-state index in [0.717, 1.165) is 9.14 Å². The lowest BCUT2D eigenvalue weighted by atomic mass is 10.1. The second-order valence-corrected chi connectivity index (χ2v) is 6.58. The first-order chi connectivity index (χ1) is 11.9. The maximum Gasteiger partial charge on any atom is 0.256 e. The molecule has 0 aliphatic carbocycles. The van der Waals surface area contributed by atoms with Crippen molar-refractivity contribution < 1.29 is 19.0 Å². The second kappa shape index (κ2) is 8.75. The summed E-state index contributed by atoms with van der Waals surface area (Å²) in [6, 6.07) is 10.7. The van der Waals surface area contributed by atoms with E-state index in [2.05, 4.69) is 34.5 Å². The molecule has 0 heterocycles. The zero-order valence-electron chi connectivity index (χ0n) is 14.4. The highest BCUT2D eigenvalue weighted by Gasteiger charge is 2.16.